The predicted octanol–water partition coefficient (Wildman–Crippen LogP) is 1.14. The molecule has 0 saturated carbocycles. The molecular formula is C13H14FN3. The van der Waals surface area contributed by atoms with E-state index < -0.39 is 5.95 Å². The molecule has 2 saturated heterocycles. The van der Waals surface area contributed by atoms with Crippen molar-refractivity contribution >= 4 is 5.69 Å². The number of fused-ring (bicyclic) bond motifs is 2. The van der Waals surface area contributed by atoms with Crippen molar-refractivity contribution in [3.8, 4) is 12.3 Å². The molecule has 0 radical (unpaired) electrons. The Morgan fingerprint density at radius 1 is 1.59 bits per heavy atom. The average Bonchev–Trinajstić information content (AvgIpc) is 2.73. The van der Waals surface area contributed by atoms with Crippen molar-refractivity contribution < 1.29 is 4.39 Å². The molecule has 1 N–H and O–H groups in total. The van der Waals surface area contributed by atoms with E-state index in [1.54, 1.807) is 12.3 Å². The summed E-state index contributed by atoms with van der Waals surface area (Å²) in [6, 6.07) is 2.87. The summed E-state index contributed by atoms with van der Waals surface area (Å²) in [5.41, 5.74) is 1.18. The number of anilines is 1. The molecule has 1 aromatic rings. The number of rotatable bonds is 1. The minimum atomic E-state index is -0.560. The molecular weight excluding hydrogens is 217 g/mol. The second-order valence-electron chi connectivity index (χ2n) is 4.65. The smallest absolute Gasteiger partial charge is 0.228 e. The van der Waals surface area contributed by atoms with E-state index in [9.17, 15) is 4.39 Å². The van der Waals surface area contributed by atoms with E-state index >= 15 is 0 Å². The first-order valence-corrected chi connectivity index (χ1v) is 5.90. The van der Waals surface area contributed by atoms with E-state index in [2.05, 4.69) is 21.1 Å². The molecule has 0 aliphatic carbocycles. The summed E-state index contributed by atoms with van der Waals surface area (Å²) in [5, 5.41) is 3.48. The van der Waals surface area contributed by atoms with Gasteiger partial charge in [0.05, 0.1) is 17.4 Å². The van der Waals surface area contributed by atoms with Gasteiger partial charge >= 0.3 is 0 Å². The highest BCUT2D eigenvalue weighted by molar-refractivity contribution is 5.51. The Kier molecular flexibility index (Phi) is 2.49. The largest absolute Gasteiger partial charge is 0.366 e. The minimum absolute atomic E-state index is 0.246. The molecule has 0 unspecified atom stereocenters. The van der Waals surface area contributed by atoms with Crippen molar-refractivity contribution in [2.45, 2.75) is 24.9 Å². The lowest BCUT2D eigenvalue weighted by atomic mass is 10.0. The highest BCUT2D eigenvalue weighted by atomic mass is 19.1. The van der Waals surface area contributed by atoms with Crippen molar-refractivity contribution in [2.24, 2.45) is 0 Å². The number of nitrogens with one attached hydrogen (secondary N) is 1. The van der Waals surface area contributed by atoms with Crippen molar-refractivity contribution in [3.63, 3.8) is 0 Å². The highest BCUT2D eigenvalue weighted by Crippen LogP contribution is 2.28. The van der Waals surface area contributed by atoms with Gasteiger partial charge in [0.2, 0.25) is 5.95 Å². The molecule has 4 heteroatoms. The second kappa shape index (κ2) is 4.01. The molecule has 2 bridgehead atoms. The zero-order valence-electron chi connectivity index (χ0n) is 9.49. The lowest BCUT2D eigenvalue weighted by Crippen LogP contribution is -2.40. The van der Waals surface area contributed by atoms with E-state index in [1.165, 1.54) is 0 Å². The monoisotopic (exact) mass is 231 g/mol. The van der Waals surface area contributed by atoms with Crippen LogP contribution in [0, 0.1) is 18.3 Å². The first-order chi connectivity index (χ1) is 8.28. The molecule has 3 rings (SSSR count). The summed E-state index contributed by atoms with van der Waals surface area (Å²) >= 11 is 0. The van der Waals surface area contributed by atoms with E-state index in [0.717, 1.165) is 31.6 Å². The molecule has 88 valence electrons. The maximum absolute atomic E-state index is 13.2. The van der Waals surface area contributed by atoms with Crippen LogP contribution in [0.2, 0.25) is 0 Å². The molecule has 2 aliphatic heterocycles. The zero-order valence-corrected chi connectivity index (χ0v) is 9.49. The Labute approximate surface area is 100 Å². The summed E-state index contributed by atoms with van der Waals surface area (Å²) < 4.78 is 13.2. The van der Waals surface area contributed by atoms with E-state index in [1.807, 2.05) is 0 Å². The molecule has 3 nitrogen and oxygen atoms in total. The Morgan fingerprint density at radius 3 is 3.29 bits per heavy atom. The quantitative estimate of drug-likeness (QED) is 0.580. The first kappa shape index (κ1) is 10.5. The summed E-state index contributed by atoms with van der Waals surface area (Å²) in [4.78, 5) is 6.02. The maximum Gasteiger partial charge on any atom is 0.228 e. The van der Waals surface area contributed by atoms with Crippen LogP contribution in [0.4, 0.5) is 10.1 Å². The molecule has 2 aliphatic rings. The normalized spacial score (nSPS) is 26.9. The number of hydrogen-bond acceptors (Lipinski definition) is 3. The fraction of sp³-hybridized carbons (Fsp3) is 0.462. The zero-order chi connectivity index (χ0) is 11.8. The van der Waals surface area contributed by atoms with Crippen LogP contribution in [-0.4, -0.2) is 30.2 Å². The van der Waals surface area contributed by atoms with Gasteiger partial charge in [-0.05, 0) is 18.9 Å². The van der Waals surface area contributed by atoms with Crippen molar-refractivity contribution in [1.82, 2.24) is 10.3 Å². The van der Waals surface area contributed by atoms with Gasteiger partial charge in [-0.2, -0.15) is 4.39 Å². The van der Waals surface area contributed by atoms with Crippen LogP contribution >= 0.6 is 0 Å². The van der Waals surface area contributed by atoms with Crippen LogP contribution in [0.25, 0.3) is 0 Å². The molecule has 2 atom stereocenters. The van der Waals surface area contributed by atoms with Gasteiger partial charge in [-0.15, -0.1) is 6.42 Å². The Balaban J connectivity index is 1.91. The van der Waals surface area contributed by atoms with E-state index in [0.29, 0.717) is 12.1 Å². The number of pyridine rings is 1. The van der Waals surface area contributed by atoms with Gasteiger partial charge in [-0.3, -0.25) is 0 Å². The van der Waals surface area contributed by atoms with E-state index in [4.69, 9.17) is 6.42 Å². The highest BCUT2D eigenvalue weighted by Gasteiger charge is 2.34. The Hall–Kier alpha value is -1.60. The summed E-state index contributed by atoms with van der Waals surface area (Å²) in [6.45, 7) is 1.98. The number of halogens is 1. The van der Waals surface area contributed by atoms with Crippen LogP contribution in [0.3, 0.4) is 0 Å². The standard InChI is InChI=1S/C13H14FN3/c1-2-9-5-11(8-16-13(9)14)17-4-3-10-6-12(17)7-15-10/h1,5,8,10,12,15H,3-4,6-7H2/t10-,12+/m0/s1. The molecule has 0 spiro atoms. The topological polar surface area (TPSA) is 28.2 Å². The van der Waals surface area contributed by atoms with Gasteiger partial charge in [0.15, 0.2) is 0 Å². The number of nitrogens with zero attached hydrogens (tertiary/aromatic N) is 2. The first-order valence-electron chi connectivity index (χ1n) is 5.90. The Bertz CT molecular complexity index is 480. The molecule has 2 fully saturated rings. The summed E-state index contributed by atoms with van der Waals surface area (Å²) in [6.07, 6.45) is 9.12. The van der Waals surface area contributed by atoms with Crippen LogP contribution in [0.1, 0.15) is 18.4 Å². The molecule has 0 aromatic carbocycles. The number of piperidine rings is 1. The molecule has 3 heterocycles. The van der Waals surface area contributed by atoms with Gasteiger partial charge < -0.3 is 10.2 Å². The fourth-order valence-corrected chi connectivity index (χ4v) is 2.77. The number of terminal acetylenes is 1. The third-order valence-electron chi connectivity index (χ3n) is 3.67. The van der Waals surface area contributed by atoms with Crippen molar-refractivity contribution in [1.29, 1.82) is 0 Å². The van der Waals surface area contributed by atoms with Gasteiger partial charge in [-0.1, -0.05) is 5.92 Å². The third-order valence-corrected chi connectivity index (χ3v) is 3.67. The number of aromatic nitrogens is 1. The van der Waals surface area contributed by atoms with Crippen LogP contribution in [-0.2, 0) is 0 Å². The van der Waals surface area contributed by atoms with Crippen LogP contribution in [0.15, 0.2) is 12.3 Å². The van der Waals surface area contributed by atoms with Crippen molar-refractivity contribution in [2.75, 3.05) is 18.0 Å². The lowest BCUT2D eigenvalue weighted by Gasteiger charge is -2.34. The van der Waals surface area contributed by atoms with Gasteiger partial charge in [-0.25, -0.2) is 4.98 Å². The lowest BCUT2D eigenvalue weighted by molar-refractivity contribution is 0.489. The molecule has 1 aromatic heterocycles. The maximum atomic E-state index is 13.2. The summed E-state index contributed by atoms with van der Waals surface area (Å²) in [5.74, 6) is 1.78. The van der Waals surface area contributed by atoms with Crippen LogP contribution < -0.4 is 10.2 Å². The van der Waals surface area contributed by atoms with Crippen molar-refractivity contribution in [3.05, 3.63) is 23.8 Å². The molecule has 17 heavy (non-hydrogen) atoms. The summed E-state index contributed by atoms with van der Waals surface area (Å²) in [7, 11) is 0. The van der Waals surface area contributed by atoms with E-state index in [-0.39, 0.29) is 5.56 Å². The SMILES string of the molecule is C#Cc1cc(N2CC[C@H]3C[C@@H]2CN3)cnc1F. The average molecular weight is 231 g/mol. The van der Waals surface area contributed by atoms with Gasteiger partial charge in [0.1, 0.15) is 0 Å². The van der Waals surface area contributed by atoms with Crippen LogP contribution in [0.5, 0.6) is 0 Å². The fourth-order valence-electron chi connectivity index (χ4n) is 2.77. The Morgan fingerprint density at radius 2 is 2.47 bits per heavy atom. The third kappa shape index (κ3) is 1.77. The minimum Gasteiger partial charge on any atom is -0.366 e. The second-order valence-corrected chi connectivity index (χ2v) is 4.65. The number of hydrogen-bond donors (Lipinski definition) is 1. The molecule has 0 amide bonds. The van der Waals surface area contributed by atoms with Gasteiger partial charge in [0.25, 0.3) is 0 Å². The van der Waals surface area contributed by atoms with Gasteiger partial charge in [0, 0.05) is 25.2 Å². The predicted molar refractivity (Wildman–Crippen MR) is 64.3 cm³/mol.